The fraction of sp³-hybridized carbons (Fsp3) is 0.556. The minimum atomic E-state index is -0.255. The maximum Gasteiger partial charge on any atom is 0.319 e. The van der Waals surface area contributed by atoms with E-state index in [2.05, 4.69) is 15.0 Å². The third kappa shape index (κ3) is 3.08. The summed E-state index contributed by atoms with van der Waals surface area (Å²) in [5.41, 5.74) is 1.06. The van der Waals surface area contributed by atoms with Crippen molar-refractivity contribution in [3.8, 4) is 0 Å². The highest BCUT2D eigenvalue weighted by molar-refractivity contribution is 7.11. The van der Waals surface area contributed by atoms with Gasteiger partial charge in [0.05, 0.1) is 19.3 Å². The molecule has 0 bridgehead atoms. The minimum Gasteiger partial charge on any atom is -0.468 e. The third-order valence-corrected chi connectivity index (χ3v) is 2.92. The van der Waals surface area contributed by atoms with Crippen LogP contribution in [0.3, 0.4) is 0 Å². The molecule has 1 aromatic rings. The van der Waals surface area contributed by atoms with Crippen LogP contribution in [-0.4, -0.2) is 24.6 Å². The van der Waals surface area contributed by atoms with E-state index in [1.807, 2.05) is 13.8 Å². The van der Waals surface area contributed by atoms with Crippen molar-refractivity contribution in [3.63, 3.8) is 0 Å². The van der Waals surface area contributed by atoms with Gasteiger partial charge in [0, 0.05) is 11.4 Å². The Morgan fingerprint density at radius 3 is 2.79 bits per heavy atom. The zero-order valence-electron chi connectivity index (χ0n) is 8.59. The first kappa shape index (κ1) is 11.1. The highest BCUT2D eigenvalue weighted by Gasteiger charge is 2.04. The van der Waals surface area contributed by atoms with Crippen molar-refractivity contribution in [3.05, 3.63) is 15.6 Å². The molecule has 0 fully saturated rings. The quantitative estimate of drug-likeness (QED) is 0.760. The third-order valence-electron chi connectivity index (χ3n) is 1.85. The number of nitrogens with zero attached hydrogens (tertiary/aromatic N) is 1. The van der Waals surface area contributed by atoms with Gasteiger partial charge in [0.15, 0.2) is 0 Å². The Morgan fingerprint density at radius 2 is 2.29 bits per heavy atom. The molecule has 1 rings (SSSR count). The SMILES string of the molecule is COC(=O)CNCc1nc(C)c(C)s1. The van der Waals surface area contributed by atoms with Crippen molar-refractivity contribution in [1.82, 2.24) is 10.3 Å². The Hall–Kier alpha value is -0.940. The summed E-state index contributed by atoms with van der Waals surface area (Å²) in [5.74, 6) is -0.255. The van der Waals surface area contributed by atoms with Gasteiger partial charge in [-0.1, -0.05) is 0 Å². The van der Waals surface area contributed by atoms with E-state index in [0.29, 0.717) is 6.54 Å². The lowest BCUT2D eigenvalue weighted by atomic mass is 10.4. The van der Waals surface area contributed by atoms with E-state index >= 15 is 0 Å². The number of hydrogen-bond donors (Lipinski definition) is 1. The number of carbonyl (C=O) groups is 1. The van der Waals surface area contributed by atoms with Crippen molar-refractivity contribution in [2.75, 3.05) is 13.7 Å². The summed E-state index contributed by atoms with van der Waals surface area (Å²) in [6.07, 6.45) is 0. The van der Waals surface area contributed by atoms with Crippen molar-refractivity contribution < 1.29 is 9.53 Å². The van der Waals surface area contributed by atoms with E-state index in [4.69, 9.17) is 0 Å². The molecule has 5 heteroatoms. The van der Waals surface area contributed by atoms with Crippen LogP contribution < -0.4 is 5.32 Å². The fourth-order valence-electron chi connectivity index (χ4n) is 0.958. The molecule has 1 heterocycles. The lowest BCUT2D eigenvalue weighted by molar-refractivity contribution is -0.139. The minimum absolute atomic E-state index is 0.230. The average Bonchev–Trinajstić information content (AvgIpc) is 2.46. The van der Waals surface area contributed by atoms with Crippen LogP contribution in [0, 0.1) is 13.8 Å². The topological polar surface area (TPSA) is 51.2 Å². The number of aryl methyl sites for hydroxylation is 2. The zero-order valence-corrected chi connectivity index (χ0v) is 9.40. The van der Waals surface area contributed by atoms with E-state index in [1.165, 1.54) is 12.0 Å². The number of aromatic nitrogens is 1. The van der Waals surface area contributed by atoms with E-state index < -0.39 is 0 Å². The maximum absolute atomic E-state index is 10.8. The van der Waals surface area contributed by atoms with Crippen LogP contribution >= 0.6 is 11.3 Å². The van der Waals surface area contributed by atoms with Crippen LogP contribution in [0.2, 0.25) is 0 Å². The van der Waals surface area contributed by atoms with E-state index in [1.54, 1.807) is 11.3 Å². The standard InChI is InChI=1S/C9H14N2O2S/c1-6-7(2)14-8(11-6)4-10-5-9(12)13-3/h10H,4-5H2,1-3H3. The molecule has 0 aromatic carbocycles. The summed E-state index contributed by atoms with van der Waals surface area (Å²) in [6, 6.07) is 0. The van der Waals surface area contributed by atoms with Crippen LogP contribution in [-0.2, 0) is 16.1 Å². The number of methoxy groups -OCH3 is 1. The Morgan fingerprint density at radius 1 is 1.57 bits per heavy atom. The molecular formula is C9H14N2O2S. The van der Waals surface area contributed by atoms with Gasteiger partial charge in [0.2, 0.25) is 0 Å². The van der Waals surface area contributed by atoms with Gasteiger partial charge in [-0.2, -0.15) is 0 Å². The maximum atomic E-state index is 10.8. The molecule has 1 N–H and O–H groups in total. The number of nitrogens with one attached hydrogen (secondary N) is 1. The second kappa shape index (κ2) is 5.07. The molecule has 0 spiro atoms. The molecule has 0 saturated carbocycles. The molecule has 0 unspecified atom stereocenters. The zero-order chi connectivity index (χ0) is 10.6. The van der Waals surface area contributed by atoms with Gasteiger partial charge in [-0.3, -0.25) is 4.79 Å². The summed E-state index contributed by atoms with van der Waals surface area (Å²) in [5, 5.41) is 3.97. The van der Waals surface area contributed by atoms with Gasteiger partial charge in [0.25, 0.3) is 0 Å². The average molecular weight is 214 g/mol. The van der Waals surface area contributed by atoms with Gasteiger partial charge in [0.1, 0.15) is 5.01 Å². The first-order valence-electron chi connectivity index (χ1n) is 4.34. The molecule has 0 amide bonds. The first-order valence-corrected chi connectivity index (χ1v) is 5.15. The van der Waals surface area contributed by atoms with Crippen LogP contribution in [0.25, 0.3) is 0 Å². The van der Waals surface area contributed by atoms with Crippen LogP contribution in [0.4, 0.5) is 0 Å². The lowest BCUT2D eigenvalue weighted by Crippen LogP contribution is -2.23. The molecule has 0 radical (unpaired) electrons. The molecular weight excluding hydrogens is 200 g/mol. The smallest absolute Gasteiger partial charge is 0.319 e. The van der Waals surface area contributed by atoms with Crippen LogP contribution in [0.1, 0.15) is 15.6 Å². The summed E-state index contributed by atoms with van der Waals surface area (Å²) in [7, 11) is 1.38. The summed E-state index contributed by atoms with van der Waals surface area (Å²) in [4.78, 5) is 16.3. The molecule has 4 nitrogen and oxygen atoms in total. The van der Waals surface area contributed by atoms with Crippen molar-refractivity contribution in [2.45, 2.75) is 20.4 Å². The predicted octanol–water partition coefficient (Wildman–Crippen LogP) is 1.02. The molecule has 1 aromatic heterocycles. The molecule has 0 aliphatic heterocycles. The second-order valence-electron chi connectivity index (χ2n) is 2.93. The number of thiazole rings is 1. The van der Waals surface area contributed by atoms with E-state index in [0.717, 1.165) is 10.7 Å². The number of carbonyl (C=O) groups excluding carboxylic acids is 1. The Bertz CT molecular complexity index is 303. The number of rotatable bonds is 4. The van der Waals surface area contributed by atoms with Crippen molar-refractivity contribution in [2.24, 2.45) is 0 Å². The fourth-order valence-corrected chi connectivity index (χ4v) is 1.86. The van der Waals surface area contributed by atoms with Crippen molar-refractivity contribution in [1.29, 1.82) is 0 Å². The Kier molecular flexibility index (Phi) is 4.03. The second-order valence-corrected chi connectivity index (χ2v) is 4.22. The molecule has 0 aliphatic carbocycles. The Labute approximate surface area is 87.3 Å². The monoisotopic (exact) mass is 214 g/mol. The van der Waals surface area contributed by atoms with Gasteiger partial charge >= 0.3 is 5.97 Å². The lowest BCUT2D eigenvalue weighted by Gasteiger charge is -1.99. The molecule has 0 atom stereocenters. The van der Waals surface area contributed by atoms with Gasteiger partial charge in [-0.05, 0) is 13.8 Å². The van der Waals surface area contributed by atoms with Gasteiger partial charge in [-0.25, -0.2) is 4.98 Å². The summed E-state index contributed by atoms with van der Waals surface area (Å²) >= 11 is 1.65. The normalized spacial score (nSPS) is 10.2. The van der Waals surface area contributed by atoms with Crippen LogP contribution in [0.15, 0.2) is 0 Å². The Balaban J connectivity index is 2.35. The van der Waals surface area contributed by atoms with Crippen molar-refractivity contribution >= 4 is 17.3 Å². The highest BCUT2D eigenvalue weighted by Crippen LogP contribution is 2.15. The molecule has 78 valence electrons. The highest BCUT2D eigenvalue weighted by atomic mass is 32.1. The van der Waals surface area contributed by atoms with Gasteiger partial charge < -0.3 is 10.1 Å². The largest absolute Gasteiger partial charge is 0.468 e. The molecule has 14 heavy (non-hydrogen) atoms. The van der Waals surface area contributed by atoms with Crippen LogP contribution in [0.5, 0.6) is 0 Å². The molecule has 0 aliphatic rings. The summed E-state index contributed by atoms with van der Waals surface area (Å²) in [6.45, 7) is 4.87. The first-order chi connectivity index (χ1) is 6.63. The van der Waals surface area contributed by atoms with Gasteiger partial charge in [-0.15, -0.1) is 11.3 Å². The molecule has 0 saturated heterocycles. The summed E-state index contributed by atoms with van der Waals surface area (Å²) < 4.78 is 4.50. The predicted molar refractivity (Wildman–Crippen MR) is 55.3 cm³/mol. The number of hydrogen-bond acceptors (Lipinski definition) is 5. The van der Waals surface area contributed by atoms with E-state index in [9.17, 15) is 4.79 Å². The van der Waals surface area contributed by atoms with E-state index in [-0.39, 0.29) is 12.5 Å². The number of esters is 1. The number of ether oxygens (including phenoxy) is 1.